The highest BCUT2D eigenvalue weighted by atomic mass is 15.3. The molecule has 0 fully saturated rings. The van der Waals surface area contributed by atoms with E-state index in [-0.39, 0.29) is 0 Å². The highest BCUT2D eigenvalue weighted by molar-refractivity contribution is 5.75. The van der Waals surface area contributed by atoms with Gasteiger partial charge in [-0.3, -0.25) is 4.68 Å². The van der Waals surface area contributed by atoms with Crippen molar-refractivity contribution in [3.05, 3.63) is 17.3 Å². The maximum absolute atomic E-state index is 6.01. The van der Waals surface area contributed by atoms with Crippen molar-refractivity contribution in [3.8, 4) is 0 Å². The van der Waals surface area contributed by atoms with E-state index < -0.39 is 0 Å². The van der Waals surface area contributed by atoms with Crippen molar-refractivity contribution in [2.24, 2.45) is 7.05 Å². The fraction of sp³-hybridized carbons (Fsp3) is 0.545. The van der Waals surface area contributed by atoms with Crippen molar-refractivity contribution < 1.29 is 0 Å². The first-order chi connectivity index (χ1) is 7.09. The number of likely N-dealkylation sites (N-methyl/N-ethyl adjacent to an activating group) is 1. The maximum Gasteiger partial charge on any atom is 0.129 e. The molecular weight excluding hydrogens is 188 g/mol. The first kappa shape index (κ1) is 10.2. The first-order valence-electron chi connectivity index (χ1n) is 5.26. The second-order valence-corrected chi connectivity index (χ2v) is 4.21. The molecule has 0 saturated carbocycles. The van der Waals surface area contributed by atoms with E-state index >= 15 is 0 Å². The summed E-state index contributed by atoms with van der Waals surface area (Å²) in [5, 5.41) is 4.34. The summed E-state index contributed by atoms with van der Waals surface area (Å²) >= 11 is 0. The molecule has 4 heteroatoms. The van der Waals surface area contributed by atoms with Crippen LogP contribution in [-0.2, 0) is 7.05 Å². The van der Waals surface area contributed by atoms with Gasteiger partial charge in [-0.2, -0.15) is 5.10 Å². The van der Waals surface area contributed by atoms with Crippen molar-refractivity contribution in [1.29, 1.82) is 0 Å². The minimum atomic E-state index is 0.781. The Hall–Kier alpha value is -1.29. The van der Waals surface area contributed by atoms with E-state index in [0.29, 0.717) is 0 Å². The average molecular weight is 206 g/mol. The third-order valence-corrected chi connectivity index (χ3v) is 3.00. The fourth-order valence-corrected chi connectivity index (χ4v) is 2.07. The number of hydrogen-bond acceptors (Lipinski definition) is 3. The number of nitrogens with two attached hydrogens (primary N) is 1. The van der Waals surface area contributed by atoms with E-state index in [1.54, 1.807) is 4.68 Å². The van der Waals surface area contributed by atoms with Crippen LogP contribution in [0.1, 0.15) is 17.7 Å². The van der Waals surface area contributed by atoms with Gasteiger partial charge in [-0.15, -0.1) is 0 Å². The van der Waals surface area contributed by atoms with Crippen molar-refractivity contribution >= 4 is 11.4 Å². The van der Waals surface area contributed by atoms with Gasteiger partial charge < -0.3 is 10.6 Å². The Bertz CT molecular complexity index is 403. The van der Waals surface area contributed by atoms with Crippen LogP contribution in [0.5, 0.6) is 0 Å². The highest BCUT2D eigenvalue weighted by Gasteiger charge is 2.17. The van der Waals surface area contributed by atoms with Gasteiger partial charge in [-0.25, -0.2) is 0 Å². The number of anilines is 1. The topological polar surface area (TPSA) is 47.1 Å². The van der Waals surface area contributed by atoms with Gasteiger partial charge >= 0.3 is 0 Å². The lowest BCUT2D eigenvalue weighted by Crippen LogP contribution is -2.23. The summed E-state index contributed by atoms with van der Waals surface area (Å²) in [6.45, 7) is 4.12. The quantitative estimate of drug-likeness (QED) is 0.746. The van der Waals surface area contributed by atoms with Crippen LogP contribution in [0.2, 0.25) is 0 Å². The third kappa shape index (κ3) is 1.77. The summed E-state index contributed by atoms with van der Waals surface area (Å²) < 4.78 is 1.75. The molecule has 15 heavy (non-hydrogen) atoms. The minimum Gasteiger partial charge on any atom is -0.383 e. The molecule has 0 unspecified atom stereocenters. The molecule has 82 valence electrons. The number of rotatable bonds is 1. The predicted molar refractivity (Wildman–Crippen MR) is 62.4 cm³/mol. The number of hydrogen-bond donors (Lipinski definition) is 1. The lowest BCUT2D eigenvalue weighted by Gasteiger charge is -2.22. The summed E-state index contributed by atoms with van der Waals surface area (Å²) in [5.74, 6) is 0.781. The van der Waals surface area contributed by atoms with Crippen LogP contribution < -0.4 is 5.73 Å². The van der Waals surface area contributed by atoms with Gasteiger partial charge in [0.05, 0.1) is 5.69 Å². The third-order valence-electron chi connectivity index (χ3n) is 3.00. The van der Waals surface area contributed by atoms with Gasteiger partial charge in [0.1, 0.15) is 5.82 Å². The lowest BCUT2D eigenvalue weighted by molar-refractivity contribution is 0.370. The van der Waals surface area contributed by atoms with Crippen molar-refractivity contribution in [2.75, 3.05) is 25.9 Å². The minimum absolute atomic E-state index is 0.781. The van der Waals surface area contributed by atoms with Crippen LogP contribution in [0.4, 0.5) is 5.82 Å². The van der Waals surface area contributed by atoms with Gasteiger partial charge in [0.2, 0.25) is 0 Å². The maximum atomic E-state index is 6.01. The number of nitrogens with zero attached hydrogens (tertiary/aromatic N) is 3. The molecule has 2 N–H and O–H groups in total. The Labute approximate surface area is 90.4 Å². The largest absolute Gasteiger partial charge is 0.383 e. The number of nitrogen functional groups attached to an aromatic ring is 1. The number of aryl methyl sites for hydroxylation is 2. The second kappa shape index (κ2) is 3.70. The van der Waals surface area contributed by atoms with Crippen LogP contribution in [0.3, 0.4) is 0 Å². The van der Waals surface area contributed by atoms with E-state index in [9.17, 15) is 0 Å². The van der Waals surface area contributed by atoms with Gasteiger partial charge in [-0.05, 0) is 26.0 Å². The van der Waals surface area contributed by atoms with Gasteiger partial charge in [0, 0.05) is 25.7 Å². The Balaban J connectivity index is 2.37. The smallest absolute Gasteiger partial charge is 0.129 e. The summed E-state index contributed by atoms with van der Waals surface area (Å²) in [6.07, 6.45) is 3.32. The van der Waals surface area contributed by atoms with Crippen LogP contribution in [0.25, 0.3) is 5.57 Å². The van der Waals surface area contributed by atoms with Crippen molar-refractivity contribution in [2.45, 2.75) is 13.3 Å². The zero-order chi connectivity index (χ0) is 11.0. The SMILES string of the molecule is Cc1nn(C)c(N)c1C1=CCN(C)CC1. The molecule has 1 aliphatic heterocycles. The molecule has 2 rings (SSSR count). The Morgan fingerprint density at radius 2 is 2.13 bits per heavy atom. The van der Waals surface area contributed by atoms with E-state index in [2.05, 4.69) is 23.1 Å². The molecule has 1 aliphatic rings. The molecule has 0 radical (unpaired) electrons. The van der Waals surface area contributed by atoms with E-state index in [4.69, 9.17) is 5.73 Å². The molecule has 0 saturated heterocycles. The molecule has 4 nitrogen and oxygen atoms in total. The molecule has 1 aromatic heterocycles. The normalized spacial score (nSPS) is 17.9. The average Bonchev–Trinajstić information content (AvgIpc) is 2.44. The van der Waals surface area contributed by atoms with Crippen LogP contribution in [0, 0.1) is 6.92 Å². The Kier molecular flexibility index (Phi) is 2.52. The summed E-state index contributed by atoms with van der Waals surface area (Å²) in [7, 11) is 4.02. The fourth-order valence-electron chi connectivity index (χ4n) is 2.07. The van der Waals surface area contributed by atoms with Gasteiger partial charge in [0.15, 0.2) is 0 Å². The van der Waals surface area contributed by atoms with Crippen molar-refractivity contribution in [3.63, 3.8) is 0 Å². The van der Waals surface area contributed by atoms with Crippen LogP contribution >= 0.6 is 0 Å². The number of aromatic nitrogens is 2. The zero-order valence-corrected chi connectivity index (χ0v) is 9.62. The molecular formula is C11H18N4. The molecule has 0 bridgehead atoms. The molecule has 0 amide bonds. The predicted octanol–water partition coefficient (Wildman–Crippen LogP) is 1.03. The second-order valence-electron chi connectivity index (χ2n) is 4.21. The molecule has 0 atom stereocenters. The summed E-state index contributed by atoms with van der Waals surface area (Å²) in [4.78, 5) is 2.30. The Morgan fingerprint density at radius 1 is 1.40 bits per heavy atom. The Morgan fingerprint density at radius 3 is 2.60 bits per heavy atom. The van der Waals surface area contributed by atoms with Gasteiger partial charge in [-0.1, -0.05) is 6.08 Å². The monoisotopic (exact) mass is 206 g/mol. The van der Waals surface area contributed by atoms with Crippen molar-refractivity contribution in [1.82, 2.24) is 14.7 Å². The van der Waals surface area contributed by atoms with E-state index in [1.165, 1.54) is 5.57 Å². The van der Waals surface area contributed by atoms with E-state index in [0.717, 1.165) is 36.6 Å². The lowest BCUT2D eigenvalue weighted by atomic mass is 9.99. The van der Waals surface area contributed by atoms with E-state index in [1.807, 2.05) is 14.0 Å². The molecule has 0 aromatic carbocycles. The summed E-state index contributed by atoms with van der Waals surface area (Å²) in [6, 6.07) is 0. The summed E-state index contributed by atoms with van der Waals surface area (Å²) in [5.41, 5.74) is 9.54. The van der Waals surface area contributed by atoms with Crippen LogP contribution in [-0.4, -0.2) is 34.8 Å². The van der Waals surface area contributed by atoms with Crippen LogP contribution in [0.15, 0.2) is 6.08 Å². The highest BCUT2D eigenvalue weighted by Crippen LogP contribution is 2.28. The first-order valence-corrected chi connectivity index (χ1v) is 5.26. The standard InChI is InChI=1S/C11H18N4/c1-8-10(11(12)15(3)13-8)9-4-6-14(2)7-5-9/h4H,5-7,12H2,1-3H3. The molecule has 0 spiro atoms. The zero-order valence-electron chi connectivity index (χ0n) is 9.62. The molecule has 2 heterocycles. The molecule has 0 aliphatic carbocycles. The molecule has 1 aromatic rings. The van der Waals surface area contributed by atoms with Gasteiger partial charge in [0.25, 0.3) is 0 Å².